The lowest BCUT2D eigenvalue weighted by Crippen LogP contribution is -2.33. The Morgan fingerprint density at radius 2 is 1.90 bits per heavy atom. The number of ether oxygens (including phenoxy) is 1. The Morgan fingerprint density at radius 3 is 2.62 bits per heavy atom. The molecule has 0 amide bonds. The maximum Gasteiger partial charge on any atom is 0.335 e. The van der Waals surface area contributed by atoms with E-state index in [4.69, 9.17) is 37.4 Å². The highest BCUT2D eigenvalue weighted by molar-refractivity contribution is 7.22. The summed E-state index contributed by atoms with van der Waals surface area (Å²) in [5.74, 6) is 0.405. The van der Waals surface area contributed by atoms with Gasteiger partial charge in [-0.3, -0.25) is 0 Å². The number of halogens is 2. The van der Waals surface area contributed by atoms with Crippen LogP contribution < -0.4 is 4.90 Å². The minimum Gasteiger partial charge on any atom is -0.478 e. The summed E-state index contributed by atoms with van der Waals surface area (Å²) in [6.07, 6.45) is 7.81. The van der Waals surface area contributed by atoms with Crippen molar-refractivity contribution in [2.75, 3.05) is 18.0 Å². The predicted molar refractivity (Wildman–Crippen MR) is 157 cm³/mol. The maximum atomic E-state index is 11.4. The molecular weight excluding hydrogens is 569 g/mol. The SMILES string of the molecule is O=C(O)c1ccc2nc(N3CCC4(CCC(OCc5c(-c6c(Cl)cccc6Cl)noc5C5CC5)CC4)C3)sc2c1. The molecule has 1 N–H and O–H groups in total. The molecule has 40 heavy (non-hydrogen) atoms. The fourth-order valence-electron chi connectivity index (χ4n) is 6.31. The Labute approximate surface area is 246 Å². The van der Waals surface area contributed by atoms with Crippen molar-refractivity contribution in [2.24, 2.45) is 5.41 Å². The number of fused-ring (bicyclic) bond motifs is 1. The van der Waals surface area contributed by atoms with E-state index in [2.05, 4.69) is 10.1 Å². The first-order valence-corrected chi connectivity index (χ1v) is 15.4. The third-order valence-electron chi connectivity index (χ3n) is 8.76. The molecule has 0 unspecified atom stereocenters. The number of aromatic nitrogens is 2. The second-order valence-corrected chi connectivity index (χ2v) is 13.2. The van der Waals surface area contributed by atoms with Crippen LogP contribution in [0.15, 0.2) is 40.9 Å². The summed E-state index contributed by atoms with van der Waals surface area (Å²) < 4.78 is 13.2. The zero-order valence-corrected chi connectivity index (χ0v) is 24.2. The van der Waals surface area contributed by atoms with Crippen LogP contribution in [0, 0.1) is 5.41 Å². The van der Waals surface area contributed by atoms with Crippen molar-refractivity contribution in [3.8, 4) is 11.3 Å². The van der Waals surface area contributed by atoms with Gasteiger partial charge in [-0.05, 0) is 80.7 Å². The Hall–Kier alpha value is -2.65. The molecule has 3 heterocycles. The second-order valence-electron chi connectivity index (χ2n) is 11.4. The van der Waals surface area contributed by atoms with Crippen LogP contribution in [0.3, 0.4) is 0 Å². The molecule has 3 aliphatic rings. The standard InChI is InChI=1S/C30H29Cl2N3O4S/c31-21-2-1-3-22(32)25(21)26-20(27(39-34-26)17-4-5-17)15-38-19-8-10-30(11-9-19)12-13-35(16-30)29-33-23-7-6-18(28(36)37)14-24(23)40-29/h1-3,6-7,14,17,19H,4-5,8-13,15-16H2,(H,36,37). The highest BCUT2D eigenvalue weighted by Gasteiger charge is 2.42. The molecule has 2 aliphatic carbocycles. The number of hydrogen-bond acceptors (Lipinski definition) is 7. The molecular formula is C30H29Cl2N3O4S. The van der Waals surface area contributed by atoms with Gasteiger partial charge in [0.25, 0.3) is 0 Å². The average molecular weight is 599 g/mol. The molecule has 10 heteroatoms. The van der Waals surface area contributed by atoms with Gasteiger partial charge in [-0.25, -0.2) is 9.78 Å². The molecule has 0 bridgehead atoms. The minimum atomic E-state index is -0.910. The number of carboxylic acids is 1. The molecule has 1 saturated heterocycles. The van der Waals surface area contributed by atoms with Gasteiger partial charge in [0.05, 0.1) is 38.5 Å². The van der Waals surface area contributed by atoms with Crippen LogP contribution in [-0.4, -0.2) is 40.4 Å². The lowest BCUT2D eigenvalue weighted by molar-refractivity contribution is -0.00883. The first-order valence-electron chi connectivity index (χ1n) is 13.8. The number of aromatic carboxylic acids is 1. The van der Waals surface area contributed by atoms with Crippen LogP contribution in [-0.2, 0) is 11.3 Å². The highest BCUT2D eigenvalue weighted by atomic mass is 35.5. The smallest absolute Gasteiger partial charge is 0.335 e. The van der Waals surface area contributed by atoms with Crippen LogP contribution >= 0.6 is 34.5 Å². The summed E-state index contributed by atoms with van der Waals surface area (Å²) >= 11 is 14.6. The van der Waals surface area contributed by atoms with Gasteiger partial charge in [0.2, 0.25) is 0 Å². The molecule has 2 aromatic heterocycles. The number of carbonyl (C=O) groups is 1. The van der Waals surface area contributed by atoms with Gasteiger partial charge in [-0.1, -0.05) is 45.8 Å². The molecule has 208 valence electrons. The van der Waals surface area contributed by atoms with Crippen molar-refractivity contribution in [2.45, 2.75) is 63.6 Å². The van der Waals surface area contributed by atoms with Crippen LogP contribution in [0.4, 0.5) is 5.13 Å². The third-order valence-corrected chi connectivity index (χ3v) is 10.5. The molecule has 2 saturated carbocycles. The molecule has 7 rings (SSSR count). The topological polar surface area (TPSA) is 88.7 Å². The van der Waals surface area contributed by atoms with Gasteiger partial charge in [-0.15, -0.1) is 0 Å². The molecule has 1 spiro atoms. The van der Waals surface area contributed by atoms with E-state index in [1.54, 1.807) is 23.5 Å². The fourth-order valence-corrected chi connectivity index (χ4v) is 7.91. The number of hydrogen-bond donors (Lipinski definition) is 1. The van der Waals surface area contributed by atoms with Gasteiger partial charge in [0.15, 0.2) is 5.13 Å². The Morgan fingerprint density at radius 1 is 1.12 bits per heavy atom. The van der Waals surface area contributed by atoms with E-state index in [1.807, 2.05) is 24.3 Å². The monoisotopic (exact) mass is 597 g/mol. The number of carboxylic acid groups (broad SMARTS) is 1. The summed E-state index contributed by atoms with van der Waals surface area (Å²) in [6.45, 7) is 2.41. The maximum absolute atomic E-state index is 11.4. The van der Waals surface area contributed by atoms with Gasteiger partial charge in [-0.2, -0.15) is 0 Å². The van der Waals surface area contributed by atoms with Crippen molar-refractivity contribution < 1.29 is 19.2 Å². The third kappa shape index (κ3) is 4.89. The summed E-state index contributed by atoms with van der Waals surface area (Å²) in [5, 5.41) is 15.8. The molecule has 7 nitrogen and oxygen atoms in total. The summed E-state index contributed by atoms with van der Waals surface area (Å²) in [6, 6.07) is 10.6. The minimum absolute atomic E-state index is 0.188. The van der Waals surface area contributed by atoms with Gasteiger partial charge < -0.3 is 19.3 Å². The summed E-state index contributed by atoms with van der Waals surface area (Å²) in [4.78, 5) is 18.5. The van der Waals surface area contributed by atoms with E-state index >= 15 is 0 Å². The number of nitrogens with zero attached hydrogens (tertiary/aromatic N) is 3. The van der Waals surface area contributed by atoms with E-state index in [9.17, 15) is 9.90 Å². The second kappa shape index (κ2) is 10.3. The number of rotatable bonds is 7. The normalized spacial score (nSPS) is 22.9. The summed E-state index contributed by atoms with van der Waals surface area (Å²) in [5.41, 5.74) is 3.82. The van der Waals surface area contributed by atoms with Crippen LogP contribution in [0.5, 0.6) is 0 Å². The first-order chi connectivity index (χ1) is 19.4. The Balaban J connectivity index is 1.01. The van der Waals surface area contributed by atoms with E-state index in [-0.39, 0.29) is 11.5 Å². The van der Waals surface area contributed by atoms with E-state index in [1.165, 1.54) is 0 Å². The Bertz CT molecular complexity index is 1570. The molecule has 2 aromatic carbocycles. The van der Waals surface area contributed by atoms with Crippen molar-refractivity contribution >= 4 is 55.9 Å². The van der Waals surface area contributed by atoms with E-state index in [0.29, 0.717) is 39.4 Å². The quantitative estimate of drug-likeness (QED) is 0.229. The van der Waals surface area contributed by atoms with Gasteiger partial charge in [0, 0.05) is 30.1 Å². The van der Waals surface area contributed by atoms with Crippen molar-refractivity contribution in [1.29, 1.82) is 0 Å². The van der Waals surface area contributed by atoms with Crippen molar-refractivity contribution in [3.05, 3.63) is 63.3 Å². The van der Waals surface area contributed by atoms with Gasteiger partial charge >= 0.3 is 5.97 Å². The van der Waals surface area contributed by atoms with Crippen molar-refractivity contribution in [1.82, 2.24) is 10.1 Å². The lowest BCUT2D eigenvalue weighted by Gasteiger charge is -2.37. The number of anilines is 1. The largest absolute Gasteiger partial charge is 0.478 e. The highest BCUT2D eigenvalue weighted by Crippen LogP contribution is 2.48. The lowest BCUT2D eigenvalue weighted by atomic mass is 9.72. The first kappa shape index (κ1) is 26.3. The zero-order chi connectivity index (χ0) is 27.4. The van der Waals surface area contributed by atoms with E-state index < -0.39 is 5.97 Å². The molecule has 0 atom stereocenters. The fraction of sp³-hybridized carbons (Fsp3) is 0.433. The molecule has 4 aromatic rings. The predicted octanol–water partition coefficient (Wildman–Crippen LogP) is 8.19. The van der Waals surface area contributed by atoms with Gasteiger partial charge in [0.1, 0.15) is 11.5 Å². The van der Waals surface area contributed by atoms with Crippen LogP contribution in [0.1, 0.15) is 72.5 Å². The average Bonchev–Trinajstić information content (AvgIpc) is 3.36. The van der Waals surface area contributed by atoms with Crippen LogP contribution in [0.2, 0.25) is 10.0 Å². The zero-order valence-electron chi connectivity index (χ0n) is 21.9. The molecule has 3 fully saturated rings. The van der Waals surface area contributed by atoms with Crippen molar-refractivity contribution in [3.63, 3.8) is 0 Å². The number of benzene rings is 2. The Kier molecular flexibility index (Phi) is 6.77. The van der Waals surface area contributed by atoms with Crippen LogP contribution in [0.25, 0.3) is 21.5 Å². The van der Waals surface area contributed by atoms with E-state index in [0.717, 1.165) is 84.7 Å². The summed E-state index contributed by atoms with van der Waals surface area (Å²) in [7, 11) is 0. The number of thiazole rings is 1. The molecule has 1 aliphatic heterocycles. The molecule has 0 radical (unpaired) electrons.